The molecule has 1 fully saturated rings. The summed E-state index contributed by atoms with van der Waals surface area (Å²) in [6, 6.07) is 26.1. The Morgan fingerprint density at radius 3 is 2.31 bits per heavy atom. The first-order valence-electron chi connectivity index (χ1n) is 17.8. The van der Waals surface area contributed by atoms with E-state index in [-0.39, 0.29) is 31.3 Å². The normalized spacial score (nSPS) is 14.7. The van der Waals surface area contributed by atoms with Crippen molar-refractivity contribution in [3.63, 3.8) is 0 Å². The fraction of sp³-hybridized carbons (Fsp3) is 0.300. The van der Waals surface area contributed by atoms with E-state index in [4.69, 9.17) is 16.2 Å². The van der Waals surface area contributed by atoms with E-state index in [1.54, 1.807) is 43.5 Å². The second-order valence-corrected chi connectivity index (χ2v) is 12.9. The van der Waals surface area contributed by atoms with E-state index < -0.39 is 48.3 Å². The third-order valence-electron chi connectivity index (χ3n) is 9.09. The molecule has 1 heterocycles. The molecule has 1 aliphatic rings. The van der Waals surface area contributed by atoms with Crippen LogP contribution >= 0.6 is 0 Å². The molecule has 0 spiro atoms. The van der Waals surface area contributed by atoms with Crippen molar-refractivity contribution >= 4 is 52.0 Å². The number of amides is 5. The second-order valence-electron chi connectivity index (χ2n) is 12.9. The molecule has 54 heavy (non-hydrogen) atoms. The number of methoxy groups -OCH3 is 1. The number of carbonyl (C=O) groups is 5. The van der Waals surface area contributed by atoms with Gasteiger partial charge in [-0.3, -0.25) is 29.0 Å². The van der Waals surface area contributed by atoms with Crippen LogP contribution in [0.2, 0.25) is 0 Å². The molecule has 1 saturated heterocycles. The van der Waals surface area contributed by atoms with Crippen molar-refractivity contribution in [2.45, 2.75) is 50.2 Å². The Labute approximate surface area is 313 Å². The molecule has 0 aliphatic carbocycles. The largest absolute Gasteiger partial charge is 0.496 e. The summed E-state index contributed by atoms with van der Waals surface area (Å²) in [6.07, 6.45) is 1.79. The monoisotopic (exact) mass is 734 g/mol. The van der Waals surface area contributed by atoms with E-state index in [1.165, 1.54) is 4.90 Å². The predicted octanol–water partition coefficient (Wildman–Crippen LogP) is 2.47. The van der Waals surface area contributed by atoms with Crippen LogP contribution in [0.1, 0.15) is 41.6 Å². The molecule has 14 nitrogen and oxygen atoms in total. The number of rotatable bonds is 16. The van der Waals surface area contributed by atoms with Crippen LogP contribution in [0.5, 0.6) is 5.75 Å². The van der Waals surface area contributed by atoms with Gasteiger partial charge in [0, 0.05) is 42.2 Å². The number of nitrogens with zero attached hydrogens (tertiary/aromatic N) is 2. The molecule has 0 radical (unpaired) electrons. The topological polar surface area (TPSA) is 210 Å². The highest BCUT2D eigenvalue weighted by molar-refractivity contribution is 6.02. The first-order valence-corrected chi connectivity index (χ1v) is 17.8. The summed E-state index contributed by atoms with van der Waals surface area (Å²) >= 11 is 0. The minimum atomic E-state index is -1.03. The van der Waals surface area contributed by atoms with Gasteiger partial charge in [0.2, 0.25) is 23.6 Å². The Bertz CT molecular complexity index is 1970. The van der Waals surface area contributed by atoms with E-state index in [9.17, 15) is 24.0 Å². The number of nitrogens with two attached hydrogens (primary N) is 2. The fourth-order valence-corrected chi connectivity index (χ4v) is 6.43. The van der Waals surface area contributed by atoms with Gasteiger partial charge in [0.25, 0.3) is 5.91 Å². The van der Waals surface area contributed by atoms with Gasteiger partial charge in [0.1, 0.15) is 23.9 Å². The highest BCUT2D eigenvalue weighted by Gasteiger charge is 2.38. The number of hydrogen-bond acceptors (Lipinski definition) is 7. The van der Waals surface area contributed by atoms with Gasteiger partial charge < -0.3 is 42.4 Å². The Morgan fingerprint density at radius 1 is 0.889 bits per heavy atom. The van der Waals surface area contributed by atoms with Gasteiger partial charge >= 0.3 is 0 Å². The van der Waals surface area contributed by atoms with Gasteiger partial charge in [0.05, 0.1) is 13.7 Å². The van der Waals surface area contributed by atoms with Crippen LogP contribution in [0, 0.1) is 0 Å². The number of likely N-dealkylation sites (tertiary alicyclic amines) is 1. The molecule has 3 atom stereocenters. The van der Waals surface area contributed by atoms with Crippen LogP contribution in [0.3, 0.4) is 0 Å². The maximum absolute atomic E-state index is 14.2. The standard InChI is InChI=1S/C40H46N8O6/c1-54-34-24-29(23-28-16-8-9-17-30(28)34)45-38(52)33-19-11-21-48(33)39(53)32(22-26-12-4-2-5-13-26)46-35(49)25-44-37(51)31(18-10-20-43-40(41)42)47-36(50)27-14-6-3-7-15-27/h2-9,12-17,23-24,31-33H,10-11,18-22,25H2,1H3,(H,44,51)(H,45,52)(H,46,49)(H,47,50)(H4,41,42,43)/t31-,32-,33-/m0/s1. The fourth-order valence-electron chi connectivity index (χ4n) is 6.43. The molecule has 4 aromatic carbocycles. The zero-order valence-electron chi connectivity index (χ0n) is 30.1. The lowest BCUT2D eigenvalue weighted by atomic mass is 10.0. The van der Waals surface area contributed by atoms with Gasteiger partial charge in [-0.05, 0) is 54.8 Å². The maximum Gasteiger partial charge on any atom is 0.251 e. The number of aliphatic imine (C=N–C) groups is 1. The lowest BCUT2D eigenvalue weighted by molar-refractivity contribution is -0.140. The molecule has 4 aromatic rings. The Morgan fingerprint density at radius 2 is 1.59 bits per heavy atom. The average Bonchev–Trinajstić information content (AvgIpc) is 3.68. The van der Waals surface area contributed by atoms with Crippen molar-refractivity contribution in [2.24, 2.45) is 16.5 Å². The van der Waals surface area contributed by atoms with Crippen LogP contribution in [0.15, 0.2) is 102 Å². The first-order chi connectivity index (χ1) is 26.1. The number of hydrogen-bond donors (Lipinski definition) is 6. The van der Waals surface area contributed by atoms with Crippen LogP contribution in [0.4, 0.5) is 5.69 Å². The zero-order valence-corrected chi connectivity index (χ0v) is 30.1. The van der Waals surface area contributed by atoms with Crippen LogP contribution in [-0.2, 0) is 25.6 Å². The maximum atomic E-state index is 14.2. The van der Waals surface area contributed by atoms with Crippen LogP contribution in [-0.4, -0.2) is 85.3 Å². The van der Waals surface area contributed by atoms with Crippen molar-refractivity contribution in [1.82, 2.24) is 20.9 Å². The van der Waals surface area contributed by atoms with E-state index >= 15 is 0 Å². The SMILES string of the molecule is COc1cc(NC(=O)[C@@H]2CCCN2C(=O)[C@H](Cc2ccccc2)NC(=O)CNC(=O)[C@H](CCCN=C(N)N)NC(=O)c2ccccc2)cc2ccccc12. The van der Waals surface area contributed by atoms with Crippen LogP contribution in [0.25, 0.3) is 10.8 Å². The Hall–Kier alpha value is -6.44. The summed E-state index contributed by atoms with van der Waals surface area (Å²) in [6.45, 7) is 0.109. The number of nitrogens with one attached hydrogen (secondary N) is 4. The summed E-state index contributed by atoms with van der Waals surface area (Å²) in [7, 11) is 1.57. The van der Waals surface area contributed by atoms with Crippen molar-refractivity contribution < 1.29 is 28.7 Å². The van der Waals surface area contributed by atoms with Gasteiger partial charge in [-0.15, -0.1) is 0 Å². The first kappa shape index (κ1) is 38.8. The summed E-state index contributed by atoms with van der Waals surface area (Å²) in [5.41, 5.74) is 12.5. The smallest absolute Gasteiger partial charge is 0.251 e. The molecule has 0 bridgehead atoms. The molecule has 5 rings (SSSR count). The van der Waals surface area contributed by atoms with Gasteiger partial charge in [-0.2, -0.15) is 0 Å². The van der Waals surface area contributed by atoms with Crippen LogP contribution < -0.4 is 37.5 Å². The third-order valence-corrected chi connectivity index (χ3v) is 9.09. The number of carbonyl (C=O) groups excluding carboxylic acids is 5. The van der Waals surface area contributed by atoms with E-state index in [1.807, 2.05) is 60.7 Å². The lowest BCUT2D eigenvalue weighted by Crippen LogP contribution is -2.55. The number of fused-ring (bicyclic) bond motifs is 1. The number of anilines is 1. The molecule has 0 saturated carbocycles. The molecule has 14 heteroatoms. The van der Waals surface area contributed by atoms with Gasteiger partial charge in [-0.1, -0.05) is 72.8 Å². The summed E-state index contributed by atoms with van der Waals surface area (Å²) in [4.78, 5) is 72.9. The highest BCUT2D eigenvalue weighted by atomic mass is 16.5. The quantitative estimate of drug-likeness (QED) is 0.0571. The molecule has 0 unspecified atom stereocenters. The van der Waals surface area contributed by atoms with Crippen molar-refractivity contribution in [3.05, 3.63) is 108 Å². The average molecular weight is 735 g/mol. The minimum absolute atomic E-state index is 0.0907. The Balaban J connectivity index is 1.26. The molecule has 1 aliphatic heterocycles. The van der Waals surface area contributed by atoms with E-state index in [0.717, 1.165) is 16.3 Å². The van der Waals surface area contributed by atoms with E-state index in [0.29, 0.717) is 42.8 Å². The summed E-state index contributed by atoms with van der Waals surface area (Å²) < 4.78 is 5.56. The Kier molecular flexibility index (Phi) is 13.6. The van der Waals surface area contributed by atoms with Crippen molar-refractivity contribution in [3.8, 4) is 5.75 Å². The van der Waals surface area contributed by atoms with Crippen molar-refractivity contribution in [2.75, 3.05) is 32.1 Å². The molecular weight excluding hydrogens is 688 g/mol. The highest BCUT2D eigenvalue weighted by Crippen LogP contribution is 2.30. The molecule has 0 aromatic heterocycles. The molecule has 282 valence electrons. The summed E-state index contributed by atoms with van der Waals surface area (Å²) in [5, 5.41) is 12.9. The number of ether oxygens (including phenoxy) is 1. The lowest BCUT2D eigenvalue weighted by Gasteiger charge is -2.29. The number of benzene rings is 4. The molecule has 8 N–H and O–H groups in total. The predicted molar refractivity (Wildman–Crippen MR) is 207 cm³/mol. The molecule has 5 amide bonds. The van der Waals surface area contributed by atoms with E-state index in [2.05, 4.69) is 26.3 Å². The second kappa shape index (κ2) is 18.9. The molecular formula is C40H46N8O6. The minimum Gasteiger partial charge on any atom is -0.496 e. The van der Waals surface area contributed by atoms with Gasteiger partial charge in [-0.25, -0.2) is 0 Å². The zero-order chi connectivity index (χ0) is 38.5. The third kappa shape index (κ3) is 10.6. The van der Waals surface area contributed by atoms with Gasteiger partial charge in [0.15, 0.2) is 5.96 Å². The number of guanidine groups is 1. The van der Waals surface area contributed by atoms with Crippen molar-refractivity contribution in [1.29, 1.82) is 0 Å². The summed E-state index contributed by atoms with van der Waals surface area (Å²) in [5.74, 6) is -1.91.